The third-order valence-corrected chi connectivity index (χ3v) is 5.70. The molecule has 1 saturated heterocycles. The summed E-state index contributed by atoms with van der Waals surface area (Å²) in [5.41, 5.74) is 0.415. The first-order valence-corrected chi connectivity index (χ1v) is 10.1. The maximum Gasteiger partial charge on any atom is 0.262 e. The summed E-state index contributed by atoms with van der Waals surface area (Å²) >= 11 is 0. The van der Waals surface area contributed by atoms with Crippen LogP contribution >= 0.6 is 0 Å². The summed E-state index contributed by atoms with van der Waals surface area (Å²) in [7, 11) is -2.51. The second kappa shape index (κ2) is 8.47. The van der Waals surface area contributed by atoms with Crippen molar-refractivity contribution in [3.63, 3.8) is 0 Å². The van der Waals surface area contributed by atoms with Crippen LogP contribution in [0.4, 0.5) is 5.82 Å². The maximum atomic E-state index is 12.4. The quantitative estimate of drug-likeness (QED) is 0.722. The van der Waals surface area contributed by atoms with Crippen LogP contribution in [-0.2, 0) is 14.9 Å². The molecule has 0 radical (unpaired) electrons. The maximum absolute atomic E-state index is 12.4. The van der Waals surface area contributed by atoms with E-state index in [1.807, 2.05) is 23.1 Å². The smallest absolute Gasteiger partial charge is 0.262 e. The highest BCUT2D eigenvalue weighted by Gasteiger charge is 2.22. The molecular weight excluding hydrogens is 368 g/mol. The van der Waals surface area contributed by atoms with Gasteiger partial charge in [-0.15, -0.1) is 0 Å². The van der Waals surface area contributed by atoms with Gasteiger partial charge in [0, 0.05) is 30.9 Å². The van der Waals surface area contributed by atoms with Crippen molar-refractivity contribution in [1.82, 2.24) is 15.2 Å². The highest BCUT2D eigenvalue weighted by Crippen LogP contribution is 2.18. The van der Waals surface area contributed by atoms with Crippen molar-refractivity contribution < 1.29 is 18.0 Å². The lowest BCUT2D eigenvalue weighted by Gasteiger charge is -2.33. The number of carbonyl (C=O) groups is 1. The molecule has 2 heterocycles. The number of nitrogens with one attached hydrogen (secondary N) is 2. The molecule has 0 atom stereocenters. The summed E-state index contributed by atoms with van der Waals surface area (Å²) < 4.78 is 23.7. The SMILES string of the molecule is CONS(=O)(=O)c1ccc(C(=O)NC2CCN(c3ccccn3)CC2)cc1. The standard InChI is InChI=1S/C18H22N4O4S/c1-26-21-27(24,25)16-7-5-14(6-8-16)18(23)20-15-9-12-22(13-10-15)17-4-2-3-11-19-17/h2-8,11,15,21H,9-10,12-13H2,1H3,(H,20,23). The van der Waals surface area contributed by atoms with E-state index in [2.05, 4.69) is 20.0 Å². The summed E-state index contributed by atoms with van der Waals surface area (Å²) in [5.74, 6) is 0.735. The Labute approximate surface area is 158 Å². The minimum absolute atomic E-state index is 0.0320. The minimum atomic E-state index is -3.73. The van der Waals surface area contributed by atoms with Gasteiger partial charge in [-0.05, 0) is 49.2 Å². The second-order valence-corrected chi connectivity index (χ2v) is 7.88. The molecule has 1 fully saturated rings. The molecule has 0 saturated carbocycles. The number of hydrogen-bond donors (Lipinski definition) is 2. The van der Waals surface area contributed by atoms with Gasteiger partial charge in [0.2, 0.25) is 0 Å². The van der Waals surface area contributed by atoms with E-state index in [1.54, 1.807) is 6.20 Å². The van der Waals surface area contributed by atoms with Gasteiger partial charge in [-0.3, -0.25) is 9.63 Å². The summed E-state index contributed by atoms with van der Waals surface area (Å²) in [6.45, 7) is 1.64. The number of amides is 1. The number of aromatic nitrogens is 1. The fourth-order valence-electron chi connectivity index (χ4n) is 3.01. The van der Waals surface area contributed by atoms with Crippen molar-refractivity contribution in [2.75, 3.05) is 25.1 Å². The van der Waals surface area contributed by atoms with Gasteiger partial charge in [-0.1, -0.05) is 11.0 Å². The molecule has 0 bridgehead atoms. The van der Waals surface area contributed by atoms with Crippen LogP contribution in [-0.4, -0.2) is 45.6 Å². The lowest BCUT2D eigenvalue weighted by Crippen LogP contribution is -2.44. The number of carbonyl (C=O) groups excluding carboxylic acids is 1. The molecule has 2 N–H and O–H groups in total. The lowest BCUT2D eigenvalue weighted by atomic mass is 10.0. The lowest BCUT2D eigenvalue weighted by molar-refractivity contribution is 0.0931. The van der Waals surface area contributed by atoms with Crippen molar-refractivity contribution in [1.29, 1.82) is 0 Å². The van der Waals surface area contributed by atoms with Gasteiger partial charge in [0.1, 0.15) is 5.82 Å². The number of anilines is 1. The van der Waals surface area contributed by atoms with Gasteiger partial charge in [-0.2, -0.15) is 0 Å². The van der Waals surface area contributed by atoms with E-state index < -0.39 is 10.0 Å². The molecule has 0 unspecified atom stereocenters. The third kappa shape index (κ3) is 4.82. The molecule has 9 heteroatoms. The van der Waals surface area contributed by atoms with Crippen LogP contribution < -0.4 is 15.1 Å². The van der Waals surface area contributed by atoms with Gasteiger partial charge in [-0.25, -0.2) is 13.4 Å². The van der Waals surface area contributed by atoms with E-state index >= 15 is 0 Å². The van der Waals surface area contributed by atoms with Crippen molar-refractivity contribution in [3.8, 4) is 0 Å². The molecule has 3 rings (SSSR count). The number of sulfonamides is 1. The molecule has 1 amide bonds. The zero-order valence-electron chi connectivity index (χ0n) is 15.0. The third-order valence-electron chi connectivity index (χ3n) is 4.42. The number of pyridine rings is 1. The average molecular weight is 390 g/mol. The first kappa shape index (κ1) is 19.3. The Morgan fingerprint density at radius 1 is 1.15 bits per heavy atom. The van der Waals surface area contributed by atoms with Crippen molar-refractivity contribution >= 4 is 21.7 Å². The van der Waals surface area contributed by atoms with Crippen molar-refractivity contribution in [2.24, 2.45) is 0 Å². The molecular formula is C18H22N4O4S. The van der Waals surface area contributed by atoms with Crippen LogP contribution in [0.25, 0.3) is 0 Å². The Balaban J connectivity index is 1.55. The molecule has 8 nitrogen and oxygen atoms in total. The minimum Gasteiger partial charge on any atom is -0.356 e. The normalized spacial score (nSPS) is 15.5. The van der Waals surface area contributed by atoms with E-state index in [0.29, 0.717) is 5.56 Å². The number of nitrogens with zero attached hydrogens (tertiary/aromatic N) is 2. The predicted octanol–water partition coefficient (Wildman–Crippen LogP) is 1.32. The Hall–Kier alpha value is -2.49. The van der Waals surface area contributed by atoms with Crippen LogP contribution in [0.15, 0.2) is 53.6 Å². The molecule has 1 aliphatic rings. The van der Waals surface area contributed by atoms with E-state index in [-0.39, 0.29) is 16.8 Å². The largest absolute Gasteiger partial charge is 0.356 e. The fraction of sp³-hybridized carbons (Fsp3) is 0.333. The summed E-state index contributed by atoms with van der Waals surface area (Å²) in [4.78, 5) is 25.4. The van der Waals surface area contributed by atoms with Crippen LogP contribution in [0.3, 0.4) is 0 Å². The Bertz CT molecular complexity index is 864. The molecule has 1 aromatic heterocycles. The fourth-order valence-corrected chi connectivity index (χ4v) is 3.82. The second-order valence-electron chi connectivity index (χ2n) is 6.24. The van der Waals surface area contributed by atoms with Crippen LogP contribution in [0.2, 0.25) is 0 Å². The summed E-state index contributed by atoms with van der Waals surface area (Å²) in [5, 5.41) is 3.01. The Morgan fingerprint density at radius 2 is 1.85 bits per heavy atom. The highest BCUT2D eigenvalue weighted by atomic mass is 32.2. The molecule has 27 heavy (non-hydrogen) atoms. The van der Waals surface area contributed by atoms with Crippen molar-refractivity contribution in [2.45, 2.75) is 23.8 Å². The summed E-state index contributed by atoms with van der Waals surface area (Å²) in [6, 6.07) is 11.6. The number of rotatable bonds is 6. The van der Waals surface area contributed by atoms with Crippen LogP contribution in [0.5, 0.6) is 0 Å². The summed E-state index contributed by atoms with van der Waals surface area (Å²) in [6.07, 6.45) is 3.42. The number of hydrogen-bond acceptors (Lipinski definition) is 6. The molecule has 0 aliphatic carbocycles. The number of benzene rings is 1. The Kier molecular flexibility index (Phi) is 6.04. The van der Waals surface area contributed by atoms with Gasteiger partial charge in [0.25, 0.3) is 15.9 Å². The molecule has 0 spiro atoms. The number of piperidine rings is 1. The van der Waals surface area contributed by atoms with Gasteiger partial charge in [0.05, 0.1) is 12.0 Å². The Morgan fingerprint density at radius 3 is 2.44 bits per heavy atom. The average Bonchev–Trinajstić information content (AvgIpc) is 2.69. The van der Waals surface area contributed by atoms with E-state index in [4.69, 9.17) is 0 Å². The molecule has 1 aromatic carbocycles. The predicted molar refractivity (Wildman–Crippen MR) is 101 cm³/mol. The van der Waals surface area contributed by atoms with Crippen LogP contribution in [0, 0.1) is 0 Å². The molecule has 1 aliphatic heterocycles. The molecule has 144 valence electrons. The van der Waals surface area contributed by atoms with Gasteiger partial charge in [0.15, 0.2) is 0 Å². The van der Waals surface area contributed by atoms with Gasteiger partial charge < -0.3 is 10.2 Å². The first-order valence-electron chi connectivity index (χ1n) is 8.61. The van der Waals surface area contributed by atoms with Crippen LogP contribution in [0.1, 0.15) is 23.2 Å². The van der Waals surface area contributed by atoms with E-state index in [1.165, 1.54) is 31.4 Å². The van der Waals surface area contributed by atoms with Gasteiger partial charge >= 0.3 is 0 Å². The zero-order valence-corrected chi connectivity index (χ0v) is 15.8. The first-order chi connectivity index (χ1) is 13.0. The monoisotopic (exact) mass is 390 g/mol. The topological polar surface area (TPSA) is 101 Å². The highest BCUT2D eigenvalue weighted by molar-refractivity contribution is 7.89. The van der Waals surface area contributed by atoms with Crippen molar-refractivity contribution in [3.05, 3.63) is 54.2 Å². The molecule has 2 aromatic rings. The van der Waals surface area contributed by atoms with E-state index in [0.717, 1.165) is 31.7 Å². The van der Waals surface area contributed by atoms with E-state index in [9.17, 15) is 13.2 Å². The zero-order chi connectivity index (χ0) is 19.3.